The van der Waals surface area contributed by atoms with Gasteiger partial charge in [0.1, 0.15) is 6.23 Å². The molecule has 1 saturated heterocycles. The summed E-state index contributed by atoms with van der Waals surface area (Å²) in [4.78, 5) is 23.5. The molecule has 1 aliphatic rings. The van der Waals surface area contributed by atoms with Gasteiger partial charge in [-0.15, -0.1) is 0 Å². The SMILES string of the molecule is O=c1c(F)cn([C@H]2CCCO2)c(=O)n1C[C@@H](O)C(F)(F)F. The van der Waals surface area contributed by atoms with E-state index >= 15 is 0 Å². The molecule has 0 bridgehead atoms. The second kappa shape index (κ2) is 5.60. The third kappa shape index (κ3) is 3.16. The Bertz CT molecular complexity index is 631. The molecule has 1 aromatic rings. The van der Waals surface area contributed by atoms with Crippen molar-refractivity contribution in [1.82, 2.24) is 9.13 Å². The van der Waals surface area contributed by atoms with Crippen LogP contribution in [0.5, 0.6) is 0 Å². The Kier molecular flexibility index (Phi) is 4.19. The van der Waals surface area contributed by atoms with E-state index in [2.05, 4.69) is 0 Å². The van der Waals surface area contributed by atoms with Gasteiger partial charge in [0, 0.05) is 6.61 Å². The molecule has 2 heterocycles. The van der Waals surface area contributed by atoms with Crippen LogP contribution in [0.2, 0.25) is 0 Å². The highest BCUT2D eigenvalue weighted by molar-refractivity contribution is 4.92. The van der Waals surface area contributed by atoms with Gasteiger partial charge in [-0.1, -0.05) is 0 Å². The van der Waals surface area contributed by atoms with Gasteiger partial charge in [-0.05, 0) is 12.8 Å². The number of aliphatic hydroxyl groups is 1. The molecule has 0 unspecified atom stereocenters. The van der Waals surface area contributed by atoms with Gasteiger partial charge in [0.2, 0.25) is 5.82 Å². The lowest BCUT2D eigenvalue weighted by Crippen LogP contribution is -2.47. The number of hydrogen-bond donors (Lipinski definition) is 1. The average Bonchev–Trinajstić information content (AvgIpc) is 2.91. The molecule has 1 aliphatic heterocycles. The van der Waals surface area contributed by atoms with Crippen LogP contribution in [0.25, 0.3) is 0 Å². The van der Waals surface area contributed by atoms with Crippen molar-refractivity contribution in [3.63, 3.8) is 0 Å². The van der Waals surface area contributed by atoms with Crippen molar-refractivity contribution in [3.8, 4) is 0 Å². The smallest absolute Gasteiger partial charge is 0.382 e. The number of nitrogens with zero attached hydrogens (tertiary/aromatic N) is 2. The molecular weight excluding hydrogens is 300 g/mol. The molecule has 21 heavy (non-hydrogen) atoms. The van der Waals surface area contributed by atoms with Gasteiger partial charge in [0.15, 0.2) is 6.10 Å². The van der Waals surface area contributed by atoms with E-state index in [9.17, 15) is 27.2 Å². The van der Waals surface area contributed by atoms with Gasteiger partial charge in [0.05, 0.1) is 12.7 Å². The van der Waals surface area contributed by atoms with E-state index < -0.39 is 42.1 Å². The van der Waals surface area contributed by atoms with Crippen molar-refractivity contribution in [3.05, 3.63) is 32.9 Å². The third-order valence-electron chi connectivity index (χ3n) is 3.10. The zero-order valence-corrected chi connectivity index (χ0v) is 10.6. The zero-order chi connectivity index (χ0) is 15.8. The van der Waals surface area contributed by atoms with Gasteiger partial charge in [-0.25, -0.2) is 4.79 Å². The third-order valence-corrected chi connectivity index (χ3v) is 3.10. The number of rotatable bonds is 3. The second-order valence-corrected chi connectivity index (χ2v) is 4.61. The van der Waals surface area contributed by atoms with E-state index in [1.54, 1.807) is 0 Å². The van der Waals surface area contributed by atoms with Crippen molar-refractivity contribution < 1.29 is 27.4 Å². The van der Waals surface area contributed by atoms with Gasteiger partial charge in [-0.2, -0.15) is 17.6 Å². The molecule has 0 aliphatic carbocycles. The van der Waals surface area contributed by atoms with E-state index in [4.69, 9.17) is 9.84 Å². The minimum Gasteiger partial charge on any atom is -0.382 e. The molecule has 6 nitrogen and oxygen atoms in total. The van der Waals surface area contributed by atoms with Crippen LogP contribution in [0, 0.1) is 5.82 Å². The minimum absolute atomic E-state index is 0.0230. The summed E-state index contributed by atoms with van der Waals surface area (Å²) in [5.41, 5.74) is -2.67. The number of aromatic nitrogens is 2. The monoisotopic (exact) mass is 312 g/mol. The summed E-state index contributed by atoms with van der Waals surface area (Å²) < 4.78 is 56.3. The van der Waals surface area contributed by atoms with Crippen LogP contribution >= 0.6 is 0 Å². The molecular formula is C11H12F4N2O4. The van der Waals surface area contributed by atoms with Crippen LogP contribution in [0.1, 0.15) is 19.1 Å². The number of alkyl halides is 3. The van der Waals surface area contributed by atoms with Gasteiger partial charge < -0.3 is 9.84 Å². The van der Waals surface area contributed by atoms with Gasteiger partial charge >= 0.3 is 11.9 Å². The summed E-state index contributed by atoms with van der Waals surface area (Å²) >= 11 is 0. The molecule has 1 aromatic heterocycles. The first kappa shape index (κ1) is 15.7. The maximum absolute atomic E-state index is 13.5. The highest BCUT2D eigenvalue weighted by Crippen LogP contribution is 2.22. The molecule has 0 aromatic carbocycles. The summed E-state index contributed by atoms with van der Waals surface area (Å²) in [6.07, 6.45) is -7.21. The summed E-state index contributed by atoms with van der Waals surface area (Å²) in [6, 6.07) is 0. The molecule has 1 N–H and O–H groups in total. The maximum Gasteiger partial charge on any atom is 0.416 e. The van der Waals surface area contributed by atoms with Crippen molar-refractivity contribution in [2.45, 2.75) is 37.9 Å². The number of ether oxygens (including phenoxy) is 1. The minimum atomic E-state index is -5.02. The molecule has 2 atom stereocenters. The van der Waals surface area contributed by atoms with Crippen molar-refractivity contribution in [2.24, 2.45) is 0 Å². The Morgan fingerprint density at radius 2 is 2.10 bits per heavy atom. The molecule has 0 amide bonds. The molecule has 0 spiro atoms. The molecule has 2 rings (SSSR count). The number of hydrogen-bond acceptors (Lipinski definition) is 4. The van der Waals surface area contributed by atoms with E-state index in [1.807, 2.05) is 0 Å². The summed E-state index contributed by atoms with van der Waals surface area (Å²) in [5, 5.41) is 8.95. The van der Waals surface area contributed by atoms with Crippen molar-refractivity contribution in [1.29, 1.82) is 0 Å². The summed E-state index contributed by atoms with van der Waals surface area (Å²) in [6.45, 7) is -1.05. The average molecular weight is 312 g/mol. The predicted molar refractivity (Wildman–Crippen MR) is 61.2 cm³/mol. The lowest BCUT2D eigenvalue weighted by atomic mass is 10.3. The van der Waals surface area contributed by atoms with E-state index in [-0.39, 0.29) is 4.57 Å². The van der Waals surface area contributed by atoms with Gasteiger partial charge in [0.25, 0.3) is 5.56 Å². The highest BCUT2D eigenvalue weighted by atomic mass is 19.4. The fourth-order valence-electron chi connectivity index (χ4n) is 2.01. The van der Waals surface area contributed by atoms with E-state index in [0.29, 0.717) is 25.6 Å². The predicted octanol–water partition coefficient (Wildman–Crippen LogP) is 0.381. The molecule has 1 fully saturated rings. The van der Waals surface area contributed by atoms with E-state index in [0.717, 1.165) is 4.57 Å². The maximum atomic E-state index is 13.5. The summed E-state index contributed by atoms with van der Waals surface area (Å²) in [7, 11) is 0. The summed E-state index contributed by atoms with van der Waals surface area (Å²) in [5.74, 6) is -1.39. The highest BCUT2D eigenvalue weighted by Gasteiger charge is 2.39. The number of aliphatic hydroxyl groups excluding tert-OH is 1. The Labute approximate surface area is 115 Å². The largest absolute Gasteiger partial charge is 0.416 e. The Balaban J connectivity index is 2.45. The second-order valence-electron chi connectivity index (χ2n) is 4.61. The standard InChI is InChI=1S/C11H12F4N2O4/c12-6-4-16(8-2-1-3-21-8)10(20)17(9(6)19)5-7(18)11(13,14)15/h4,7-8,18H,1-3,5H2/t7-,8-/m1/s1. The molecule has 118 valence electrons. The lowest BCUT2D eigenvalue weighted by Gasteiger charge is -2.18. The Hall–Kier alpha value is -1.68. The Morgan fingerprint density at radius 3 is 2.62 bits per heavy atom. The van der Waals surface area contributed by atoms with Crippen molar-refractivity contribution >= 4 is 0 Å². The Morgan fingerprint density at radius 1 is 1.43 bits per heavy atom. The first-order chi connectivity index (χ1) is 9.71. The normalized spacial score (nSPS) is 20.7. The van der Waals surface area contributed by atoms with Crippen LogP contribution in [-0.2, 0) is 11.3 Å². The fourth-order valence-corrected chi connectivity index (χ4v) is 2.01. The zero-order valence-electron chi connectivity index (χ0n) is 10.6. The van der Waals surface area contributed by atoms with Crippen LogP contribution in [0.4, 0.5) is 17.6 Å². The van der Waals surface area contributed by atoms with Crippen LogP contribution in [-0.4, -0.2) is 33.1 Å². The first-order valence-electron chi connectivity index (χ1n) is 6.09. The van der Waals surface area contributed by atoms with Crippen LogP contribution in [0.15, 0.2) is 15.8 Å². The van der Waals surface area contributed by atoms with Crippen molar-refractivity contribution in [2.75, 3.05) is 6.61 Å². The first-order valence-corrected chi connectivity index (χ1v) is 6.09. The molecule has 10 heteroatoms. The van der Waals surface area contributed by atoms with Gasteiger partial charge in [-0.3, -0.25) is 13.9 Å². The molecule has 0 saturated carbocycles. The quantitative estimate of drug-likeness (QED) is 0.819. The lowest BCUT2D eigenvalue weighted by molar-refractivity contribution is -0.207. The molecule has 0 radical (unpaired) electrons. The number of halogens is 4. The van der Waals surface area contributed by atoms with Crippen LogP contribution in [0.3, 0.4) is 0 Å². The fraction of sp³-hybridized carbons (Fsp3) is 0.636. The van der Waals surface area contributed by atoms with Crippen LogP contribution < -0.4 is 11.2 Å². The topological polar surface area (TPSA) is 73.5 Å². The van der Waals surface area contributed by atoms with E-state index in [1.165, 1.54) is 0 Å².